The van der Waals surface area contributed by atoms with Gasteiger partial charge < -0.3 is 0 Å². The van der Waals surface area contributed by atoms with Gasteiger partial charge in [0.25, 0.3) is 0 Å². The first kappa shape index (κ1) is 25.5. The minimum absolute atomic E-state index is 0.716. The maximum absolute atomic E-state index is 9.21. The van der Waals surface area contributed by atoms with Crippen molar-refractivity contribution >= 4 is 28.0 Å². The van der Waals surface area contributed by atoms with Crippen LogP contribution >= 0.6 is 0 Å². The summed E-state index contributed by atoms with van der Waals surface area (Å²) in [4.78, 5) is 0. The van der Waals surface area contributed by atoms with Crippen LogP contribution in [0.25, 0.3) is 9.67 Å². The van der Waals surface area contributed by atoms with Crippen LogP contribution in [0.4, 0.5) is 0 Å². The molecule has 0 aliphatic heterocycles. The molecule has 2 aromatic carbocycles. The van der Waals surface area contributed by atoms with E-state index in [9.17, 15) is 5.26 Å². The minimum atomic E-state index is -2.73. The summed E-state index contributed by atoms with van der Waals surface area (Å²) in [6, 6.07) is 18.9. The van der Waals surface area contributed by atoms with Crippen molar-refractivity contribution in [3.05, 3.63) is 65.2 Å². The Morgan fingerprint density at radius 3 is 1.90 bits per heavy atom. The zero-order valence-corrected chi connectivity index (χ0v) is 22.8. The third-order valence-corrected chi connectivity index (χ3v) is 22.0. The molecule has 0 amide bonds. The molecule has 0 aromatic heterocycles. The molecule has 0 aliphatic rings. The van der Waals surface area contributed by atoms with Crippen molar-refractivity contribution in [3.63, 3.8) is 0 Å². The molecule has 2 nitrogen and oxygen atoms in total. The zero-order chi connectivity index (χ0) is 22.5. The number of ether oxygens (including phenoxy) is 1. The normalized spacial score (nSPS) is 11.9. The van der Waals surface area contributed by atoms with Crippen LogP contribution < -0.4 is 4.74 Å². The Morgan fingerprint density at radius 2 is 1.42 bits per heavy atom. The number of nitriles is 1. The van der Waals surface area contributed by atoms with Crippen molar-refractivity contribution < 1.29 is 4.74 Å². The van der Waals surface area contributed by atoms with E-state index >= 15 is 0 Å². The number of methoxy groups -OCH3 is 1. The van der Waals surface area contributed by atoms with E-state index in [0.29, 0.717) is 5.56 Å². The number of para-hydroxylation sites is 1. The summed E-state index contributed by atoms with van der Waals surface area (Å²) in [5, 5.41) is 9.21. The number of rotatable bonds is 13. The molecule has 0 bridgehead atoms. The first-order chi connectivity index (χ1) is 15.1. The molecule has 0 atom stereocenters. The molecule has 2 aromatic rings. The molecule has 0 heterocycles. The monoisotopic (exact) mass is 525 g/mol. The average molecular weight is 524 g/mol. The molecule has 0 saturated carbocycles. The molecule has 0 radical (unpaired) electrons. The molecule has 0 saturated heterocycles. The van der Waals surface area contributed by atoms with E-state index in [1.807, 2.05) is 12.1 Å². The number of hydrogen-bond acceptors (Lipinski definition) is 2. The molecule has 0 unspecified atom stereocenters. The van der Waals surface area contributed by atoms with Gasteiger partial charge in [-0.2, -0.15) is 0 Å². The summed E-state index contributed by atoms with van der Waals surface area (Å²) in [5.41, 5.74) is 3.22. The van der Waals surface area contributed by atoms with Gasteiger partial charge in [-0.05, 0) is 0 Å². The maximum atomic E-state index is 9.21. The van der Waals surface area contributed by atoms with Crippen molar-refractivity contribution in [2.75, 3.05) is 7.11 Å². The Bertz CT molecular complexity index is 842. The van der Waals surface area contributed by atoms with Crippen LogP contribution in [-0.4, -0.2) is 25.5 Å². The molecule has 0 spiro atoms. The van der Waals surface area contributed by atoms with E-state index in [1.165, 1.54) is 63.0 Å². The van der Waals surface area contributed by atoms with E-state index in [0.717, 1.165) is 5.75 Å². The predicted octanol–water partition coefficient (Wildman–Crippen LogP) is 8.50. The van der Waals surface area contributed by atoms with Crippen molar-refractivity contribution in [2.24, 2.45) is 0 Å². The van der Waals surface area contributed by atoms with E-state index < -0.39 is 18.4 Å². The van der Waals surface area contributed by atoms with Gasteiger partial charge >= 0.3 is 195 Å². The fraction of sp³-hybridized carbons (Fsp3) is 0.464. The quantitative estimate of drug-likeness (QED) is 0.195. The molecule has 166 valence electrons. The van der Waals surface area contributed by atoms with Gasteiger partial charge in [-0.1, -0.05) is 0 Å². The molecule has 31 heavy (non-hydrogen) atoms. The summed E-state index contributed by atoms with van der Waals surface area (Å²) >= 11 is -2.73. The summed E-state index contributed by atoms with van der Waals surface area (Å²) in [5.74, 6) is 0.993. The van der Waals surface area contributed by atoms with E-state index in [4.69, 9.17) is 4.74 Å². The summed E-state index contributed by atoms with van der Waals surface area (Å²) in [6.07, 6.45) is 10.2. The average Bonchev–Trinajstić information content (AvgIpc) is 2.83. The van der Waals surface area contributed by atoms with Gasteiger partial charge in [0, 0.05) is 0 Å². The topological polar surface area (TPSA) is 33.0 Å². The van der Waals surface area contributed by atoms with Gasteiger partial charge in [0.05, 0.1) is 0 Å². The van der Waals surface area contributed by atoms with Gasteiger partial charge in [0.1, 0.15) is 0 Å². The van der Waals surface area contributed by atoms with Crippen molar-refractivity contribution in [3.8, 4) is 11.8 Å². The zero-order valence-electron chi connectivity index (χ0n) is 19.9. The SMILES string of the molecule is CCC[CH2][Sn]([CH2]CCC)([CH2]CCC)/[C](=C\c1ccc(C#N)cc1)c1ccccc1OC. The van der Waals surface area contributed by atoms with E-state index in [2.05, 4.69) is 69.3 Å². The summed E-state index contributed by atoms with van der Waals surface area (Å²) < 4.78 is 11.7. The summed E-state index contributed by atoms with van der Waals surface area (Å²) in [7, 11) is 1.79. The van der Waals surface area contributed by atoms with Crippen molar-refractivity contribution in [1.29, 1.82) is 5.26 Å². The number of benzene rings is 2. The third-order valence-electron chi connectivity index (χ3n) is 6.35. The van der Waals surface area contributed by atoms with E-state index in [1.54, 1.807) is 10.7 Å². The van der Waals surface area contributed by atoms with Crippen LogP contribution in [0.5, 0.6) is 5.75 Å². The molecule has 0 N–H and O–H groups in total. The Morgan fingerprint density at radius 1 is 0.871 bits per heavy atom. The predicted molar refractivity (Wildman–Crippen MR) is 137 cm³/mol. The second-order valence-electron chi connectivity index (χ2n) is 8.58. The third kappa shape index (κ3) is 7.14. The molecular formula is C28H39NOSn. The van der Waals surface area contributed by atoms with Gasteiger partial charge in [-0.15, -0.1) is 0 Å². The Kier molecular flexibility index (Phi) is 11.2. The molecular weight excluding hydrogens is 485 g/mol. The second kappa shape index (κ2) is 13.6. The Labute approximate surface area is 194 Å². The Hall–Kier alpha value is -1.73. The van der Waals surface area contributed by atoms with Crippen LogP contribution in [0, 0.1) is 11.3 Å². The van der Waals surface area contributed by atoms with Crippen LogP contribution in [0.2, 0.25) is 13.3 Å². The number of unbranched alkanes of at least 4 members (excludes halogenated alkanes) is 3. The Balaban J connectivity index is 2.71. The van der Waals surface area contributed by atoms with E-state index in [-0.39, 0.29) is 0 Å². The number of nitrogens with zero attached hydrogens (tertiary/aromatic N) is 1. The van der Waals surface area contributed by atoms with Crippen molar-refractivity contribution in [2.45, 2.75) is 72.6 Å². The van der Waals surface area contributed by atoms with Crippen LogP contribution in [0.15, 0.2) is 48.5 Å². The first-order valence-corrected chi connectivity index (χ1v) is 19.5. The van der Waals surface area contributed by atoms with Gasteiger partial charge in [0.2, 0.25) is 0 Å². The fourth-order valence-corrected chi connectivity index (χ4v) is 21.4. The van der Waals surface area contributed by atoms with Crippen molar-refractivity contribution in [1.82, 2.24) is 0 Å². The molecule has 3 heteroatoms. The number of hydrogen-bond donors (Lipinski definition) is 0. The standard InChI is InChI=1S/C16H12NO.3C4H9.Sn/c1-18-16-5-3-2-4-15(16)11-10-13-6-8-14(12-17)9-7-13;3*1-3-4-2;/h2-10H,1H3;3*1,3-4H2,2H3;. The molecule has 0 aliphatic carbocycles. The van der Waals surface area contributed by atoms with Crippen LogP contribution in [0.1, 0.15) is 76.0 Å². The molecule has 2 rings (SSSR count). The fourth-order valence-electron chi connectivity index (χ4n) is 4.53. The van der Waals surface area contributed by atoms with Gasteiger partial charge in [-0.3, -0.25) is 0 Å². The second-order valence-corrected chi connectivity index (χ2v) is 21.7. The first-order valence-electron chi connectivity index (χ1n) is 12.0. The van der Waals surface area contributed by atoms with Crippen LogP contribution in [-0.2, 0) is 0 Å². The summed E-state index contributed by atoms with van der Waals surface area (Å²) in [6.45, 7) is 6.97. The van der Waals surface area contributed by atoms with Gasteiger partial charge in [0.15, 0.2) is 0 Å². The van der Waals surface area contributed by atoms with Crippen LogP contribution in [0.3, 0.4) is 0 Å². The van der Waals surface area contributed by atoms with Gasteiger partial charge in [-0.25, -0.2) is 0 Å². The molecule has 0 fully saturated rings.